The number of carbonyl (C=O) groups excluding carboxylic acids is 2. The van der Waals surface area contributed by atoms with E-state index < -0.39 is 32.5 Å². The molecule has 10 heteroatoms. The van der Waals surface area contributed by atoms with Crippen molar-refractivity contribution in [2.45, 2.75) is 200 Å². The lowest BCUT2D eigenvalue weighted by atomic mass is 10.0. The summed E-state index contributed by atoms with van der Waals surface area (Å²) >= 11 is 0. The first-order valence-electron chi connectivity index (χ1n) is 24.0. The second-order valence-electron chi connectivity index (χ2n) is 17.1. The number of hydrogen-bond donors (Lipinski definition) is 0. The SMILES string of the molecule is CC/C=C\C/C=C\C/C=C\C/C=C\C/C=C\CCCCCC(=O)O[C@H](COC(=O)CCCCCCCCCCCCCCCCCCC)COP(=O)([O-])OCC[N+](C)(C)C. The molecule has 0 rings (SSSR count). The highest BCUT2D eigenvalue weighted by molar-refractivity contribution is 7.45. The Hall–Kier alpha value is -2.29. The zero-order chi connectivity index (χ0) is 44.3. The number of hydrogen-bond acceptors (Lipinski definition) is 8. The Bertz CT molecular complexity index is 1210. The first kappa shape index (κ1) is 57.7. The van der Waals surface area contributed by atoms with Crippen molar-refractivity contribution >= 4 is 19.8 Å². The molecule has 0 heterocycles. The van der Waals surface area contributed by atoms with Gasteiger partial charge >= 0.3 is 11.9 Å². The number of phosphoric ester groups is 1. The molecule has 9 nitrogen and oxygen atoms in total. The molecule has 0 saturated heterocycles. The summed E-state index contributed by atoms with van der Waals surface area (Å²) in [5.41, 5.74) is 0. The average Bonchev–Trinajstić information content (AvgIpc) is 3.20. The van der Waals surface area contributed by atoms with Crippen LogP contribution in [0.25, 0.3) is 0 Å². The fourth-order valence-corrected chi connectivity index (χ4v) is 7.06. The van der Waals surface area contributed by atoms with E-state index >= 15 is 0 Å². The number of phosphoric acid groups is 1. The van der Waals surface area contributed by atoms with Gasteiger partial charge in [-0.3, -0.25) is 14.2 Å². The molecule has 0 aromatic rings. The highest BCUT2D eigenvalue weighted by atomic mass is 31.2. The van der Waals surface area contributed by atoms with E-state index in [1.807, 2.05) is 21.1 Å². The summed E-state index contributed by atoms with van der Waals surface area (Å²) in [5.74, 6) is -0.870. The Labute approximate surface area is 368 Å². The van der Waals surface area contributed by atoms with Gasteiger partial charge in [-0.15, -0.1) is 0 Å². The average molecular weight is 864 g/mol. The molecule has 0 aliphatic carbocycles. The molecule has 0 N–H and O–H groups in total. The summed E-state index contributed by atoms with van der Waals surface area (Å²) in [4.78, 5) is 37.6. The third-order valence-corrected chi connectivity index (χ3v) is 11.0. The van der Waals surface area contributed by atoms with Gasteiger partial charge < -0.3 is 27.9 Å². The van der Waals surface area contributed by atoms with Crippen LogP contribution in [-0.2, 0) is 32.7 Å². The van der Waals surface area contributed by atoms with Crippen LogP contribution in [0, 0.1) is 0 Å². The third-order valence-electron chi connectivity index (χ3n) is 10.1. The molecule has 1 unspecified atom stereocenters. The molecule has 0 aliphatic heterocycles. The molecule has 0 aromatic carbocycles. The van der Waals surface area contributed by atoms with Gasteiger partial charge in [0.25, 0.3) is 7.82 Å². The second-order valence-corrected chi connectivity index (χ2v) is 18.5. The van der Waals surface area contributed by atoms with Gasteiger partial charge in [-0.2, -0.15) is 0 Å². The number of unbranched alkanes of at least 4 members (excludes halogenated alkanes) is 19. The molecule has 0 amide bonds. The van der Waals surface area contributed by atoms with Gasteiger partial charge in [-0.05, 0) is 57.8 Å². The molecule has 348 valence electrons. The summed E-state index contributed by atoms with van der Waals surface area (Å²) in [6.07, 6.45) is 51.0. The van der Waals surface area contributed by atoms with Crippen molar-refractivity contribution < 1.29 is 42.1 Å². The molecule has 2 atom stereocenters. The van der Waals surface area contributed by atoms with E-state index in [1.54, 1.807) is 0 Å². The normalized spacial score (nSPS) is 14.0. The van der Waals surface area contributed by atoms with Crippen molar-refractivity contribution in [3.63, 3.8) is 0 Å². The van der Waals surface area contributed by atoms with E-state index in [4.69, 9.17) is 18.5 Å². The molecular weight excluding hydrogens is 774 g/mol. The number of quaternary nitrogens is 1. The van der Waals surface area contributed by atoms with Crippen molar-refractivity contribution in [3.8, 4) is 0 Å². The van der Waals surface area contributed by atoms with Crippen LogP contribution in [-0.4, -0.2) is 70.0 Å². The van der Waals surface area contributed by atoms with E-state index in [1.165, 1.54) is 89.9 Å². The van der Waals surface area contributed by atoms with Crippen LogP contribution in [0.15, 0.2) is 60.8 Å². The van der Waals surface area contributed by atoms with Crippen LogP contribution in [0.3, 0.4) is 0 Å². The summed E-state index contributed by atoms with van der Waals surface area (Å²) in [7, 11) is 1.14. The Kier molecular flexibility index (Phi) is 40.4. The molecule has 0 radical (unpaired) electrons. The van der Waals surface area contributed by atoms with Gasteiger partial charge in [0.15, 0.2) is 6.10 Å². The van der Waals surface area contributed by atoms with Crippen LogP contribution in [0.1, 0.15) is 194 Å². The minimum atomic E-state index is -4.64. The molecule has 0 aliphatic rings. The maximum atomic E-state index is 12.7. The Morgan fingerprint density at radius 1 is 0.533 bits per heavy atom. The van der Waals surface area contributed by atoms with Crippen LogP contribution in [0.4, 0.5) is 0 Å². The second kappa shape index (κ2) is 42.0. The number of rotatable bonds is 43. The van der Waals surface area contributed by atoms with Crippen molar-refractivity contribution in [2.75, 3.05) is 47.5 Å². The summed E-state index contributed by atoms with van der Waals surface area (Å²) in [6, 6.07) is 0. The van der Waals surface area contributed by atoms with Crippen molar-refractivity contribution in [1.29, 1.82) is 0 Å². The van der Waals surface area contributed by atoms with E-state index in [9.17, 15) is 19.0 Å². The summed E-state index contributed by atoms with van der Waals surface area (Å²) in [6.45, 7) is 4.09. The molecule has 0 spiro atoms. The van der Waals surface area contributed by atoms with Gasteiger partial charge in [0, 0.05) is 12.8 Å². The van der Waals surface area contributed by atoms with Crippen molar-refractivity contribution in [3.05, 3.63) is 60.8 Å². The minimum absolute atomic E-state index is 0.0390. The number of allylic oxidation sites excluding steroid dienone is 10. The van der Waals surface area contributed by atoms with E-state index in [0.717, 1.165) is 70.6 Å². The number of ether oxygens (including phenoxy) is 2. The zero-order valence-electron chi connectivity index (χ0n) is 39.1. The van der Waals surface area contributed by atoms with Crippen LogP contribution in [0.2, 0.25) is 0 Å². The van der Waals surface area contributed by atoms with Gasteiger partial charge in [0.2, 0.25) is 0 Å². The standard InChI is InChI=1S/C50H90NO8P/c1-6-8-10-12-14-16-18-20-22-24-25-27-29-31-33-35-37-39-41-43-50(53)59-48(47-58-60(54,55)57-45-44-51(3,4)5)46-56-49(52)42-40-38-36-34-32-30-28-26-23-21-19-17-15-13-11-9-7-2/h8,10,14,16,20,22,25,27,31,33,48H,6-7,9,11-13,15,17-19,21,23-24,26,28-30,32,34-47H2,1-5H3/b10-8-,16-14-,22-20-,27-25-,33-31-/t48-/m1/s1. The first-order chi connectivity index (χ1) is 29.0. The molecule has 0 saturated carbocycles. The van der Waals surface area contributed by atoms with Gasteiger partial charge in [0.05, 0.1) is 27.7 Å². The first-order valence-corrected chi connectivity index (χ1v) is 25.5. The van der Waals surface area contributed by atoms with E-state index in [2.05, 4.69) is 74.6 Å². The lowest BCUT2D eigenvalue weighted by Gasteiger charge is -2.28. The predicted molar refractivity (Wildman–Crippen MR) is 250 cm³/mol. The topological polar surface area (TPSA) is 111 Å². The monoisotopic (exact) mass is 864 g/mol. The number of nitrogens with zero attached hydrogens (tertiary/aromatic N) is 1. The lowest BCUT2D eigenvalue weighted by Crippen LogP contribution is -2.37. The van der Waals surface area contributed by atoms with Crippen LogP contribution >= 0.6 is 7.82 Å². The zero-order valence-corrected chi connectivity index (χ0v) is 40.0. The highest BCUT2D eigenvalue weighted by Crippen LogP contribution is 2.38. The number of carbonyl (C=O) groups is 2. The largest absolute Gasteiger partial charge is 0.756 e. The molecular formula is C50H90NO8P. The minimum Gasteiger partial charge on any atom is -0.756 e. The Morgan fingerprint density at radius 2 is 0.950 bits per heavy atom. The van der Waals surface area contributed by atoms with E-state index in [0.29, 0.717) is 17.4 Å². The molecule has 0 aromatic heterocycles. The Balaban J connectivity index is 4.37. The lowest BCUT2D eigenvalue weighted by molar-refractivity contribution is -0.870. The highest BCUT2D eigenvalue weighted by Gasteiger charge is 2.21. The fraction of sp³-hybridized carbons (Fsp3) is 0.760. The fourth-order valence-electron chi connectivity index (χ4n) is 6.33. The van der Waals surface area contributed by atoms with Crippen LogP contribution in [0.5, 0.6) is 0 Å². The summed E-state index contributed by atoms with van der Waals surface area (Å²) < 4.78 is 33.9. The van der Waals surface area contributed by atoms with Gasteiger partial charge in [-0.25, -0.2) is 0 Å². The van der Waals surface area contributed by atoms with E-state index in [-0.39, 0.29) is 26.1 Å². The molecule has 0 bridgehead atoms. The maximum Gasteiger partial charge on any atom is 0.306 e. The molecule has 0 fully saturated rings. The quantitative estimate of drug-likeness (QED) is 0.0196. The number of esters is 2. The van der Waals surface area contributed by atoms with Crippen molar-refractivity contribution in [1.82, 2.24) is 0 Å². The van der Waals surface area contributed by atoms with Gasteiger partial charge in [0.1, 0.15) is 19.8 Å². The maximum absolute atomic E-state index is 12.7. The molecule has 60 heavy (non-hydrogen) atoms. The van der Waals surface area contributed by atoms with Crippen molar-refractivity contribution in [2.24, 2.45) is 0 Å². The van der Waals surface area contributed by atoms with Gasteiger partial charge in [-0.1, -0.05) is 184 Å². The predicted octanol–water partition coefficient (Wildman–Crippen LogP) is 13.4. The summed E-state index contributed by atoms with van der Waals surface area (Å²) in [5, 5.41) is 0. The number of likely N-dealkylation sites (N-methyl/N-ethyl adjacent to an activating group) is 1. The Morgan fingerprint density at radius 3 is 1.42 bits per heavy atom. The third kappa shape index (κ3) is 45.2. The van der Waals surface area contributed by atoms with Crippen LogP contribution < -0.4 is 4.89 Å². The smallest absolute Gasteiger partial charge is 0.306 e.